The minimum absolute atomic E-state index is 0.000560. The molecule has 1 N–H and O–H groups in total. The predicted octanol–water partition coefficient (Wildman–Crippen LogP) is 6.53. The maximum Gasteiger partial charge on any atom is 0.264 e. The van der Waals surface area contributed by atoms with Gasteiger partial charge in [-0.1, -0.05) is 79.9 Å². The fraction of sp³-hybridized carbons (Fsp3) is 0.355. The molecule has 0 spiro atoms. The average molecular weight is 619 g/mol. The number of sulfonamides is 1. The number of aryl methyl sites for hydroxylation is 1. The fourth-order valence-electron chi connectivity index (χ4n) is 4.50. The molecule has 0 saturated carbocycles. The van der Waals surface area contributed by atoms with Crippen LogP contribution in [0.25, 0.3) is 0 Å². The van der Waals surface area contributed by atoms with E-state index in [9.17, 15) is 18.0 Å². The Morgan fingerprint density at radius 3 is 2.29 bits per heavy atom. The Kier molecular flexibility index (Phi) is 11.6. The van der Waals surface area contributed by atoms with Gasteiger partial charge in [-0.05, 0) is 73.7 Å². The second kappa shape index (κ2) is 14.7. The number of hydrogen-bond acceptors (Lipinski definition) is 4. The third-order valence-electron chi connectivity index (χ3n) is 7.03. The monoisotopic (exact) mass is 617 g/mol. The van der Waals surface area contributed by atoms with Crippen LogP contribution in [0.1, 0.15) is 49.8 Å². The van der Waals surface area contributed by atoms with Gasteiger partial charge in [0.05, 0.1) is 10.6 Å². The number of unbranched alkanes of at least 4 members (excludes halogenated alkanes) is 1. The van der Waals surface area contributed by atoms with Gasteiger partial charge in [0.2, 0.25) is 11.8 Å². The molecule has 10 heteroatoms. The number of nitrogens with one attached hydrogen (secondary N) is 1. The first-order chi connectivity index (χ1) is 19.5. The van der Waals surface area contributed by atoms with Crippen LogP contribution >= 0.6 is 23.2 Å². The molecular weight excluding hydrogens is 581 g/mol. The van der Waals surface area contributed by atoms with Crippen molar-refractivity contribution in [2.45, 2.75) is 64.4 Å². The molecule has 41 heavy (non-hydrogen) atoms. The van der Waals surface area contributed by atoms with E-state index < -0.39 is 28.5 Å². The van der Waals surface area contributed by atoms with E-state index >= 15 is 0 Å². The number of halogens is 2. The van der Waals surface area contributed by atoms with E-state index in [1.807, 2.05) is 33.8 Å². The molecule has 3 aromatic carbocycles. The topological polar surface area (TPSA) is 86.8 Å². The lowest BCUT2D eigenvalue weighted by Gasteiger charge is -2.34. The van der Waals surface area contributed by atoms with Crippen LogP contribution in [-0.2, 0) is 26.2 Å². The van der Waals surface area contributed by atoms with Crippen LogP contribution in [0.15, 0.2) is 71.6 Å². The number of amides is 2. The summed E-state index contributed by atoms with van der Waals surface area (Å²) in [6.45, 7) is 7.52. The van der Waals surface area contributed by atoms with Crippen molar-refractivity contribution in [3.63, 3.8) is 0 Å². The van der Waals surface area contributed by atoms with Gasteiger partial charge in [0, 0.05) is 23.1 Å². The Morgan fingerprint density at radius 1 is 0.951 bits per heavy atom. The summed E-state index contributed by atoms with van der Waals surface area (Å²) in [6, 6.07) is 17.4. The van der Waals surface area contributed by atoms with Crippen molar-refractivity contribution in [1.29, 1.82) is 0 Å². The van der Waals surface area contributed by atoms with Crippen LogP contribution in [0.2, 0.25) is 10.0 Å². The Bertz CT molecular complexity index is 1470. The van der Waals surface area contributed by atoms with Gasteiger partial charge in [0.1, 0.15) is 12.6 Å². The highest BCUT2D eigenvalue weighted by molar-refractivity contribution is 7.92. The summed E-state index contributed by atoms with van der Waals surface area (Å²) in [4.78, 5) is 29.0. The van der Waals surface area contributed by atoms with Gasteiger partial charge >= 0.3 is 0 Å². The summed E-state index contributed by atoms with van der Waals surface area (Å²) in [5, 5.41) is 3.71. The Balaban J connectivity index is 2.09. The SMILES string of the molecule is CCCCNC(=O)[C@@H](CC)N(Cc1ccc(Cl)cc1Cl)C(=O)CN(c1cccc(C)c1C)S(=O)(=O)c1ccccc1. The van der Waals surface area contributed by atoms with Gasteiger partial charge in [-0.3, -0.25) is 13.9 Å². The highest BCUT2D eigenvalue weighted by Gasteiger charge is 2.34. The van der Waals surface area contributed by atoms with Crippen LogP contribution in [0.5, 0.6) is 0 Å². The average Bonchev–Trinajstić information content (AvgIpc) is 2.95. The molecule has 0 saturated heterocycles. The molecule has 0 unspecified atom stereocenters. The van der Waals surface area contributed by atoms with Gasteiger partial charge in [-0.2, -0.15) is 0 Å². The highest BCUT2D eigenvalue weighted by atomic mass is 35.5. The van der Waals surface area contributed by atoms with E-state index in [-0.39, 0.29) is 17.3 Å². The molecule has 3 aromatic rings. The zero-order valence-corrected chi connectivity index (χ0v) is 26.2. The molecule has 0 bridgehead atoms. The van der Waals surface area contributed by atoms with Crippen molar-refractivity contribution < 1.29 is 18.0 Å². The molecule has 0 radical (unpaired) electrons. The first-order valence-corrected chi connectivity index (χ1v) is 15.9. The molecule has 0 heterocycles. The lowest BCUT2D eigenvalue weighted by molar-refractivity contribution is -0.140. The second-order valence-electron chi connectivity index (χ2n) is 9.87. The first kappa shape index (κ1) is 32.4. The van der Waals surface area contributed by atoms with Crippen molar-refractivity contribution in [2.24, 2.45) is 0 Å². The quantitative estimate of drug-likeness (QED) is 0.221. The number of nitrogens with zero attached hydrogens (tertiary/aromatic N) is 2. The van der Waals surface area contributed by atoms with Gasteiger partial charge in [0.15, 0.2) is 0 Å². The number of hydrogen-bond donors (Lipinski definition) is 1. The second-order valence-corrected chi connectivity index (χ2v) is 12.6. The van der Waals surface area contributed by atoms with Crippen LogP contribution in [-0.4, -0.2) is 44.3 Å². The molecule has 1 atom stereocenters. The zero-order chi connectivity index (χ0) is 30.2. The van der Waals surface area contributed by atoms with Gasteiger partial charge in [-0.25, -0.2) is 8.42 Å². The number of benzene rings is 3. The van der Waals surface area contributed by atoms with Crippen molar-refractivity contribution in [2.75, 3.05) is 17.4 Å². The third-order valence-corrected chi connectivity index (χ3v) is 9.39. The van der Waals surface area contributed by atoms with Gasteiger partial charge in [-0.15, -0.1) is 0 Å². The van der Waals surface area contributed by atoms with E-state index in [1.165, 1.54) is 17.0 Å². The van der Waals surface area contributed by atoms with E-state index in [1.54, 1.807) is 48.5 Å². The summed E-state index contributed by atoms with van der Waals surface area (Å²) in [6.07, 6.45) is 2.03. The van der Waals surface area contributed by atoms with Crippen molar-refractivity contribution in [1.82, 2.24) is 10.2 Å². The molecule has 2 amide bonds. The summed E-state index contributed by atoms with van der Waals surface area (Å²) in [5.41, 5.74) is 2.60. The van der Waals surface area contributed by atoms with E-state index in [0.717, 1.165) is 28.3 Å². The van der Waals surface area contributed by atoms with Crippen LogP contribution in [0.3, 0.4) is 0 Å². The van der Waals surface area contributed by atoms with E-state index in [4.69, 9.17) is 23.2 Å². The number of anilines is 1. The molecular formula is C31H37Cl2N3O4S. The lowest BCUT2D eigenvalue weighted by Crippen LogP contribution is -2.52. The van der Waals surface area contributed by atoms with Crippen LogP contribution in [0, 0.1) is 13.8 Å². The van der Waals surface area contributed by atoms with Crippen LogP contribution in [0.4, 0.5) is 5.69 Å². The Morgan fingerprint density at radius 2 is 1.66 bits per heavy atom. The molecule has 0 aliphatic rings. The zero-order valence-electron chi connectivity index (χ0n) is 23.9. The summed E-state index contributed by atoms with van der Waals surface area (Å²) in [7, 11) is -4.14. The van der Waals surface area contributed by atoms with Crippen molar-refractivity contribution in [3.05, 3.63) is 93.5 Å². The molecule has 3 rings (SSSR count). The highest BCUT2D eigenvalue weighted by Crippen LogP contribution is 2.30. The van der Waals surface area contributed by atoms with Gasteiger partial charge in [0.25, 0.3) is 10.0 Å². The molecule has 0 fully saturated rings. The molecule has 0 aromatic heterocycles. The third kappa shape index (κ3) is 8.03. The summed E-state index contributed by atoms with van der Waals surface area (Å²) >= 11 is 12.6. The fourth-order valence-corrected chi connectivity index (χ4v) is 6.46. The maximum atomic E-state index is 14.2. The standard InChI is InChI=1S/C31H37Cl2N3O4S/c1-5-7-18-34-31(38)28(6-2)35(20-24-16-17-25(32)19-27(24)33)30(37)21-36(29-15-11-12-22(3)23(29)4)41(39,40)26-13-9-8-10-14-26/h8-17,19,28H,5-7,18,20-21H2,1-4H3,(H,34,38)/t28-/m1/s1. The number of carbonyl (C=O) groups is 2. The minimum atomic E-state index is -4.14. The summed E-state index contributed by atoms with van der Waals surface area (Å²) in [5.74, 6) is -0.836. The minimum Gasteiger partial charge on any atom is -0.354 e. The molecule has 0 aliphatic heterocycles. The van der Waals surface area contributed by atoms with E-state index in [2.05, 4.69) is 5.32 Å². The number of carbonyl (C=O) groups excluding carboxylic acids is 2. The van der Waals surface area contributed by atoms with Crippen LogP contribution < -0.4 is 9.62 Å². The molecule has 0 aliphatic carbocycles. The first-order valence-electron chi connectivity index (χ1n) is 13.7. The maximum absolute atomic E-state index is 14.2. The van der Waals surface area contributed by atoms with Gasteiger partial charge < -0.3 is 10.2 Å². The largest absolute Gasteiger partial charge is 0.354 e. The predicted molar refractivity (Wildman–Crippen MR) is 166 cm³/mol. The van der Waals surface area contributed by atoms with Crippen molar-refractivity contribution in [3.8, 4) is 0 Å². The lowest BCUT2D eigenvalue weighted by atomic mass is 10.1. The molecule has 7 nitrogen and oxygen atoms in total. The summed E-state index contributed by atoms with van der Waals surface area (Å²) < 4.78 is 29.1. The molecule has 220 valence electrons. The Labute approximate surface area is 253 Å². The van der Waals surface area contributed by atoms with Crippen molar-refractivity contribution >= 4 is 50.7 Å². The van der Waals surface area contributed by atoms with E-state index in [0.29, 0.717) is 34.3 Å². The Hall–Kier alpha value is -3.07. The normalized spacial score (nSPS) is 12.0. The number of rotatable bonds is 13. The smallest absolute Gasteiger partial charge is 0.264 e.